The summed E-state index contributed by atoms with van der Waals surface area (Å²) in [7, 11) is -4.50. The number of nitrogens with zero attached hydrogens (tertiary/aromatic N) is 4. The van der Waals surface area contributed by atoms with Crippen LogP contribution in [0.1, 0.15) is 96.3 Å². The molecule has 2 aromatic heterocycles. The summed E-state index contributed by atoms with van der Waals surface area (Å²) in [4.78, 5) is 25.5. The molecule has 5 rings (SSSR count). The molecule has 4 aromatic rings. The second kappa shape index (κ2) is 20.7. The van der Waals surface area contributed by atoms with E-state index in [0.717, 1.165) is 69.8 Å². The number of carbonyl (C=O) groups excluding carboxylic acids is 1. The van der Waals surface area contributed by atoms with Crippen LogP contribution < -0.4 is 15.3 Å². The Bertz CT molecular complexity index is 1920. The van der Waals surface area contributed by atoms with Crippen molar-refractivity contribution in [2.45, 2.75) is 115 Å². The Morgan fingerprint density at radius 2 is 1.73 bits per heavy atom. The molecule has 0 bridgehead atoms. The summed E-state index contributed by atoms with van der Waals surface area (Å²) in [6.07, 6.45) is 14.8. The smallest absolute Gasteiger partial charge is 0.459 e. The number of rotatable bonds is 23. The minimum atomic E-state index is -4.50. The Morgan fingerprint density at radius 3 is 2.38 bits per heavy atom. The van der Waals surface area contributed by atoms with Gasteiger partial charge in [0.15, 0.2) is 22.6 Å². The third-order valence-corrected chi connectivity index (χ3v) is 11.5. The first-order valence-corrected chi connectivity index (χ1v) is 21.1. The molecule has 5 atom stereocenters. The average Bonchev–Trinajstić information content (AvgIpc) is 3.77. The van der Waals surface area contributed by atoms with E-state index >= 15 is 0 Å². The normalized spacial score (nSPS) is 19.8. The van der Waals surface area contributed by atoms with Gasteiger partial charge in [-0.25, -0.2) is 9.55 Å². The van der Waals surface area contributed by atoms with Gasteiger partial charge in [-0.2, -0.15) is 19.4 Å². The molecule has 0 saturated carbocycles. The van der Waals surface area contributed by atoms with Gasteiger partial charge >= 0.3 is 19.8 Å². The Hall–Kier alpha value is -4.38. The van der Waals surface area contributed by atoms with Gasteiger partial charge in [0.05, 0.1) is 12.9 Å². The van der Waals surface area contributed by atoms with Crippen molar-refractivity contribution < 1.29 is 37.4 Å². The maximum atomic E-state index is 14.9. The van der Waals surface area contributed by atoms with Gasteiger partial charge in [0.1, 0.15) is 30.7 Å². The summed E-state index contributed by atoms with van der Waals surface area (Å²) >= 11 is 0. The van der Waals surface area contributed by atoms with Gasteiger partial charge in [-0.15, -0.1) is 6.42 Å². The number of ether oxygens (including phenoxy) is 2. The zero-order valence-electron chi connectivity index (χ0n) is 32.2. The maximum Gasteiger partial charge on any atom is 0.459 e. The van der Waals surface area contributed by atoms with Crippen LogP contribution in [0, 0.1) is 24.3 Å². The minimum absolute atomic E-state index is 0.0344. The molecule has 2 aromatic carbocycles. The number of aromatic nitrogens is 4. The fourth-order valence-corrected chi connectivity index (χ4v) is 8.31. The van der Waals surface area contributed by atoms with Crippen LogP contribution in [-0.4, -0.2) is 61.6 Å². The molecule has 1 saturated heterocycles. The summed E-state index contributed by atoms with van der Waals surface area (Å²) in [5, 5.41) is 14.2. The van der Waals surface area contributed by atoms with E-state index in [9.17, 15) is 18.9 Å². The number of nitrogens with two attached hydrogens (primary N) is 1. The SMILES string of the molecule is C#C[C@]1(COP(=O)(N[C@@H](Cc2ccccc2)C(=O)OCC(CCCCCC)CCCCCC)Oc2ccccc2)O[C@@H](n2cnc3c(N)nc(F)nc32)C[C@@H]1O. The van der Waals surface area contributed by atoms with Gasteiger partial charge in [0, 0.05) is 6.42 Å². The number of hydrogen-bond donors (Lipinski definition) is 3. The molecule has 0 spiro atoms. The third-order valence-electron chi connectivity index (χ3n) is 9.98. The number of nitrogens with one attached hydrogen (secondary N) is 1. The summed E-state index contributed by atoms with van der Waals surface area (Å²) in [5.74, 6) is 2.09. The van der Waals surface area contributed by atoms with E-state index in [2.05, 4.69) is 39.8 Å². The summed E-state index contributed by atoms with van der Waals surface area (Å²) < 4.78 is 54.6. The second-order valence-electron chi connectivity index (χ2n) is 14.3. The van der Waals surface area contributed by atoms with Crippen molar-refractivity contribution in [2.24, 2.45) is 5.92 Å². The van der Waals surface area contributed by atoms with Crippen LogP contribution in [0.2, 0.25) is 0 Å². The van der Waals surface area contributed by atoms with E-state index < -0.39 is 50.4 Å². The molecule has 4 N–H and O–H groups in total. The second-order valence-corrected chi connectivity index (χ2v) is 16.0. The van der Waals surface area contributed by atoms with Gasteiger partial charge in [0.25, 0.3) is 0 Å². The zero-order chi connectivity index (χ0) is 40.0. The quantitative estimate of drug-likeness (QED) is 0.0220. The van der Waals surface area contributed by atoms with Crippen LogP contribution in [0.25, 0.3) is 11.2 Å². The first kappa shape index (κ1) is 42.8. The number of halogens is 1. The molecule has 56 heavy (non-hydrogen) atoms. The number of aliphatic hydroxyl groups is 1. The van der Waals surface area contributed by atoms with Crippen molar-refractivity contribution in [3.8, 4) is 18.1 Å². The number of carbonyl (C=O) groups is 1. The lowest BCUT2D eigenvalue weighted by atomic mass is 9.95. The Morgan fingerprint density at radius 1 is 1.07 bits per heavy atom. The first-order valence-electron chi connectivity index (χ1n) is 19.5. The van der Waals surface area contributed by atoms with Gasteiger partial charge in [-0.1, -0.05) is 120 Å². The number of aliphatic hydroxyl groups excluding tert-OH is 1. The van der Waals surface area contributed by atoms with Crippen LogP contribution in [-0.2, 0) is 29.8 Å². The van der Waals surface area contributed by atoms with E-state index in [1.165, 1.54) is 10.9 Å². The third kappa shape index (κ3) is 11.6. The molecule has 1 aliphatic rings. The Balaban J connectivity index is 1.37. The standard InChI is InChI=1S/C41H54FN6O7P/c1-4-7-9-13-21-31(22-14-10-8-5-2)27-52-39(50)33(25-30-19-15-11-16-20-30)47-56(51,55-32-23-17-12-18-24-32)53-28-41(6-3)34(49)26-35(54-41)48-29-44-36-37(43)45-40(42)46-38(36)48/h3,11-12,15-20,23-24,29,31,33-35,49H,4-5,7-10,13-14,21-22,25-28H2,1-2H3,(H,47,51)(H2,43,45,46)/t33-,34-,35+,41+,56?/m0/s1. The number of fused-ring (bicyclic) bond motifs is 1. The molecule has 1 unspecified atom stereocenters. The fraction of sp³-hybridized carbons (Fsp3) is 0.512. The molecule has 15 heteroatoms. The molecule has 13 nitrogen and oxygen atoms in total. The van der Waals surface area contributed by atoms with Gasteiger partial charge in [-0.05, 0) is 42.9 Å². The van der Waals surface area contributed by atoms with Gasteiger partial charge in [0.2, 0.25) is 0 Å². The minimum Gasteiger partial charge on any atom is -0.464 e. The molecule has 1 fully saturated rings. The summed E-state index contributed by atoms with van der Waals surface area (Å²) in [6.45, 7) is 3.97. The predicted molar refractivity (Wildman–Crippen MR) is 212 cm³/mol. The predicted octanol–water partition coefficient (Wildman–Crippen LogP) is 7.70. The van der Waals surface area contributed by atoms with E-state index in [1.54, 1.807) is 30.3 Å². The molecule has 0 amide bonds. The lowest BCUT2D eigenvalue weighted by Gasteiger charge is -2.30. The van der Waals surface area contributed by atoms with Crippen molar-refractivity contribution >= 4 is 30.7 Å². The molecule has 0 radical (unpaired) electrons. The van der Waals surface area contributed by atoms with E-state index in [4.69, 9.17) is 30.7 Å². The number of hydrogen-bond acceptors (Lipinski definition) is 11. The summed E-state index contributed by atoms with van der Waals surface area (Å²) in [6, 6.07) is 16.5. The molecule has 302 valence electrons. The van der Waals surface area contributed by atoms with Crippen molar-refractivity contribution in [3.05, 3.63) is 78.6 Å². The van der Waals surface area contributed by atoms with E-state index in [0.29, 0.717) is 0 Å². The fourth-order valence-electron chi connectivity index (χ4n) is 6.79. The first-order chi connectivity index (χ1) is 27.1. The lowest BCUT2D eigenvalue weighted by Crippen LogP contribution is -2.44. The number of terminal acetylenes is 1. The Kier molecular flexibility index (Phi) is 15.8. The Labute approximate surface area is 328 Å². The number of para-hydroxylation sites is 1. The van der Waals surface area contributed by atoms with Gasteiger partial charge < -0.3 is 24.8 Å². The van der Waals surface area contributed by atoms with Crippen LogP contribution in [0.5, 0.6) is 5.75 Å². The number of nitrogen functional groups attached to an aromatic ring is 1. The number of esters is 1. The highest BCUT2D eigenvalue weighted by molar-refractivity contribution is 7.52. The number of benzene rings is 2. The highest BCUT2D eigenvalue weighted by atomic mass is 31.2. The van der Waals surface area contributed by atoms with E-state index in [1.807, 2.05) is 30.3 Å². The number of imidazole rings is 1. The van der Waals surface area contributed by atoms with Crippen molar-refractivity contribution in [2.75, 3.05) is 18.9 Å². The highest BCUT2D eigenvalue weighted by Gasteiger charge is 2.50. The topological polar surface area (TPSA) is 173 Å². The monoisotopic (exact) mass is 792 g/mol. The van der Waals surface area contributed by atoms with Crippen molar-refractivity contribution in [1.82, 2.24) is 24.6 Å². The maximum absolute atomic E-state index is 14.9. The van der Waals surface area contributed by atoms with Crippen LogP contribution in [0.4, 0.5) is 10.2 Å². The zero-order valence-corrected chi connectivity index (χ0v) is 33.1. The highest BCUT2D eigenvalue weighted by Crippen LogP contribution is 2.48. The molecule has 3 heterocycles. The summed E-state index contributed by atoms with van der Waals surface area (Å²) in [5.41, 5.74) is 4.95. The van der Waals surface area contributed by atoms with Crippen LogP contribution >= 0.6 is 7.75 Å². The van der Waals surface area contributed by atoms with Crippen LogP contribution in [0.3, 0.4) is 0 Å². The lowest BCUT2D eigenvalue weighted by molar-refractivity contribution is -0.147. The molecule has 1 aliphatic heterocycles. The van der Waals surface area contributed by atoms with E-state index in [-0.39, 0.29) is 48.1 Å². The van der Waals surface area contributed by atoms with Crippen molar-refractivity contribution in [1.29, 1.82) is 0 Å². The van der Waals surface area contributed by atoms with Crippen molar-refractivity contribution in [3.63, 3.8) is 0 Å². The number of unbranched alkanes of at least 4 members (excludes halogenated alkanes) is 6. The molecule has 0 aliphatic carbocycles. The average molecular weight is 793 g/mol. The number of anilines is 1. The van der Waals surface area contributed by atoms with Gasteiger partial charge in [-0.3, -0.25) is 13.9 Å². The molecular weight excluding hydrogens is 738 g/mol. The largest absolute Gasteiger partial charge is 0.464 e. The molecular formula is C41H54FN6O7P. The van der Waals surface area contributed by atoms with Crippen LogP contribution in [0.15, 0.2) is 67.0 Å².